The molecule has 0 spiro atoms. The highest BCUT2D eigenvalue weighted by Gasteiger charge is 2.28. The van der Waals surface area contributed by atoms with Crippen LogP contribution in [0.4, 0.5) is 4.79 Å². The summed E-state index contributed by atoms with van der Waals surface area (Å²) in [4.78, 5) is 50.2. The Kier molecular flexibility index (Phi) is 10.9. The number of rotatable bonds is 13. The Bertz CT molecular complexity index is 1190. The van der Waals surface area contributed by atoms with Crippen molar-refractivity contribution in [2.24, 2.45) is 5.73 Å². The molecule has 0 aliphatic heterocycles. The van der Waals surface area contributed by atoms with Gasteiger partial charge < -0.3 is 26.4 Å². The average Bonchev–Trinajstić information content (AvgIpc) is 2.92. The molecule has 0 heterocycles. The molecule has 0 bridgehead atoms. The lowest BCUT2D eigenvalue weighted by Crippen LogP contribution is -2.55. The summed E-state index contributed by atoms with van der Waals surface area (Å²) < 4.78 is 5.17. The average molecular weight is 517 g/mol. The zero-order valence-corrected chi connectivity index (χ0v) is 21.0. The minimum absolute atomic E-state index is 0.0158. The van der Waals surface area contributed by atoms with Gasteiger partial charge in [-0.1, -0.05) is 91.0 Å². The third-order valence-corrected chi connectivity index (χ3v) is 5.70. The van der Waals surface area contributed by atoms with E-state index in [1.165, 1.54) is 0 Å². The number of hydrogen-bond acceptors (Lipinski definition) is 5. The van der Waals surface area contributed by atoms with E-state index < -0.39 is 36.4 Å². The lowest BCUT2D eigenvalue weighted by molar-refractivity contribution is -0.131. The minimum Gasteiger partial charge on any atom is -0.445 e. The Morgan fingerprint density at radius 1 is 0.684 bits per heavy atom. The van der Waals surface area contributed by atoms with E-state index in [4.69, 9.17) is 10.5 Å². The van der Waals surface area contributed by atoms with Gasteiger partial charge in [-0.05, 0) is 23.1 Å². The molecular weight excluding hydrogens is 484 g/mol. The van der Waals surface area contributed by atoms with Gasteiger partial charge >= 0.3 is 6.09 Å². The van der Waals surface area contributed by atoms with Crippen molar-refractivity contribution < 1.29 is 23.9 Å². The molecule has 0 saturated heterocycles. The molecule has 3 aromatic carbocycles. The fraction of sp³-hybridized carbons (Fsp3) is 0.241. The zero-order valence-electron chi connectivity index (χ0n) is 21.0. The van der Waals surface area contributed by atoms with Gasteiger partial charge in [-0.3, -0.25) is 14.4 Å². The minimum atomic E-state index is -1.31. The zero-order chi connectivity index (χ0) is 27.2. The maximum absolute atomic E-state index is 13.1. The molecule has 198 valence electrons. The quantitative estimate of drug-likeness (QED) is 0.276. The maximum Gasteiger partial charge on any atom is 0.408 e. The van der Waals surface area contributed by atoms with Crippen molar-refractivity contribution in [2.75, 3.05) is 6.54 Å². The second kappa shape index (κ2) is 14.8. The van der Waals surface area contributed by atoms with Crippen molar-refractivity contribution in [1.29, 1.82) is 0 Å². The molecule has 9 nitrogen and oxygen atoms in total. The van der Waals surface area contributed by atoms with Crippen LogP contribution in [0.5, 0.6) is 0 Å². The van der Waals surface area contributed by atoms with E-state index in [1.54, 1.807) is 24.3 Å². The first-order valence-corrected chi connectivity index (χ1v) is 12.3. The number of carbonyl (C=O) groups excluding carboxylic acids is 4. The van der Waals surface area contributed by atoms with Gasteiger partial charge in [0.05, 0.1) is 6.42 Å². The predicted octanol–water partition coefficient (Wildman–Crippen LogP) is 2.24. The number of carbonyl (C=O) groups is 4. The lowest BCUT2D eigenvalue weighted by atomic mass is 10.0. The first kappa shape index (κ1) is 27.9. The van der Waals surface area contributed by atoms with Gasteiger partial charge in [-0.2, -0.15) is 0 Å². The van der Waals surface area contributed by atoms with Gasteiger partial charge in [0.1, 0.15) is 18.7 Å². The Morgan fingerprint density at radius 2 is 1.24 bits per heavy atom. The third kappa shape index (κ3) is 9.77. The van der Waals surface area contributed by atoms with Crippen LogP contribution in [0.3, 0.4) is 0 Å². The molecule has 4 amide bonds. The van der Waals surface area contributed by atoms with E-state index in [1.807, 2.05) is 66.7 Å². The number of primary amides is 1. The highest BCUT2D eigenvalue weighted by molar-refractivity contribution is 5.94. The number of hydrogen-bond donors (Lipinski definition) is 4. The number of amides is 4. The van der Waals surface area contributed by atoms with E-state index in [2.05, 4.69) is 16.0 Å². The number of benzene rings is 3. The van der Waals surface area contributed by atoms with Crippen LogP contribution in [-0.2, 0) is 38.6 Å². The van der Waals surface area contributed by atoms with Crippen molar-refractivity contribution in [3.8, 4) is 0 Å². The SMILES string of the molecule is NC(=O)C[C@H](NC(=O)OCc1ccccc1)C(=O)N[C@@H](Cc1ccccc1)C(=O)NCCc1ccccc1. The molecular formula is C29H32N4O5. The molecule has 2 atom stereocenters. The Balaban J connectivity index is 1.64. The van der Waals surface area contributed by atoms with Crippen molar-refractivity contribution in [3.63, 3.8) is 0 Å². The number of nitrogens with two attached hydrogens (primary N) is 1. The lowest BCUT2D eigenvalue weighted by Gasteiger charge is -2.23. The summed E-state index contributed by atoms with van der Waals surface area (Å²) >= 11 is 0. The molecule has 3 rings (SSSR count). The highest BCUT2D eigenvalue weighted by atomic mass is 16.5. The third-order valence-electron chi connectivity index (χ3n) is 5.70. The number of alkyl carbamates (subject to hydrolysis) is 1. The summed E-state index contributed by atoms with van der Waals surface area (Å²) in [6.07, 6.45) is -0.509. The summed E-state index contributed by atoms with van der Waals surface area (Å²) in [7, 11) is 0. The molecule has 0 aromatic heterocycles. The van der Waals surface area contributed by atoms with Crippen molar-refractivity contribution >= 4 is 23.8 Å². The summed E-state index contributed by atoms with van der Waals surface area (Å²) in [5, 5.41) is 7.91. The van der Waals surface area contributed by atoms with Crippen LogP contribution in [0, 0.1) is 0 Å². The molecule has 0 fully saturated rings. The molecule has 0 saturated carbocycles. The van der Waals surface area contributed by atoms with E-state index in [0.717, 1.165) is 16.7 Å². The second-order valence-corrected chi connectivity index (χ2v) is 8.71. The monoisotopic (exact) mass is 516 g/mol. The molecule has 38 heavy (non-hydrogen) atoms. The van der Waals surface area contributed by atoms with E-state index in [-0.39, 0.29) is 18.9 Å². The fourth-order valence-corrected chi connectivity index (χ4v) is 3.75. The Labute approximate surface area is 221 Å². The molecule has 5 N–H and O–H groups in total. The molecule has 9 heteroatoms. The first-order valence-electron chi connectivity index (χ1n) is 12.3. The van der Waals surface area contributed by atoms with Crippen LogP contribution in [0.1, 0.15) is 23.1 Å². The van der Waals surface area contributed by atoms with Crippen LogP contribution in [0.2, 0.25) is 0 Å². The summed E-state index contributed by atoms with van der Waals surface area (Å²) in [5.41, 5.74) is 7.97. The Hall–Kier alpha value is -4.66. The van der Waals surface area contributed by atoms with Crippen LogP contribution < -0.4 is 21.7 Å². The van der Waals surface area contributed by atoms with Crippen LogP contribution in [0.15, 0.2) is 91.0 Å². The van der Waals surface area contributed by atoms with Crippen molar-refractivity contribution in [1.82, 2.24) is 16.0 Å². The van der Waals surface area contributed by atoms with Gasteiger partial charge in [0, 0.05) is 13.0 Å². The van der Waals surface area contributed by atoms with Gasteiger partial charge in [0.25, 0.3) is 0 Å². The van der Waals surface area contributed by atoms with Gasteiger partial charge in [0.2, 0.25) is 17.7 Å². The molecule has 0 radical (unpaired) electrons. The topological polar surface area (TPSA) is 140 Å². The van der Waals surface area contributed by atoms with Crippen LogP contribution in [-0.4, -0.2) is 42.4 Å². The largest absolute Gasteiger partial charge is 0.445 e. The van der Waals surface area contributed by atoms with E-state index in [9.17, 15) is 19.2 Å². The van der Waals surface area contributed by atoms with Crippen LogP contribution in [0.25, 0.3) is 0 Å². The van der Waals surface area contributed by atoms with Crippen molar-refractivity contribution in [2.45, 2.75) is 38.0 Å². The summed E-state index contributed by atoms with van der Waals surface area (Å²) in [5.74, 6) is -1.90. The predicted molar refractivity (Wildman–Crippen MR) is 143 cm³/mol. The standard InChI is InChI=1S/C29H32N4O5/c30-26(34)19-25(33-29(37)38-20-23-14-8-3-9-15-23)28(36)32-24(18-22-12-6-2-7-13-22)27(35)31-17-16-21-10-4-1-5-11-21/h1-15,24-25H,16-20H2,(H2,30,34)(H,31,35)(H,32,36)(H,33,37)/t24-,25-/m0/s1. The number of ether oxygens (including phenoxy) is 1. The number of nitrogens with one attached hydrogen (secondary N) is 3. The summed E-state index contributed by atoms with van der Waals surface area (Å²) in [6.45, 7) is 0.358. The van der Waals surface area contributed by atoms with Gasteiger partial charge in [0.15, 0.2) is 0 Å². The van der Waals surface area contributed by atoms with Gasteiger partial charge in [-0.15, -0.1) is 0 Å². The highest BCUT2D eigenvalue weighted by Crippen LogP contribution is 2.06. The van der Waals surface area contributed by atoms with Gasteiger partial charge in [-0.25, -0.2) is 4.79 Å². The van der Waals surface area contributed by atoms with Crippen molar-refractivity contribution in [3.05, 3.63) is 108 Å². The van der Waals surface area contributed by atoms with E-state index in [0.29, 0.717) is 13.0 Å². The summed E-state index contributed by atoms with van der Waals surface area (Å²) in [6, 6.07) is 25.6. The normalized spacial score (nSPS) is 12.0. The molecule has 0 aliphatic rings. The van der Waals surface area contributed by atoms with E-state index >= 15 is 0 Å². The second-order valence-electron chi connectivity index (χ2n) is 8.71. The maximum atomic E-state index is 13.1. The molecule has 3 aromatic rings. The smallest absolute Gasteiger partial charge is 0.408 e. The first-order chi connectivity index (χ1) is 18.4. The Morgan fingerprint density at radius 3 is 1.82 bits per heavy atom. The molecule has 0 aliphatic carbocycles. The van der Waals surface area contributed by atoms with Crippen LogP contribution >= 0.6 is 0 Å². The fourth-order valence-electron chi connectivity index (χ4n) is 3.75. The molecule has 0 unspecified atom stereocenters.